The average molecular weight is 226 g/mol. The van der Waals surface area contributed by atoms with Crippen LogP contribution in [0.1, 0.15) is 0 Å². The Morgan fingerprint density at radius 2 is 1.41 bits per heavy atom. The molecule has 0 aliphatic carbocycles. The molecular weight excluding hydrogens is 208 g/mol. The largest absolute Gasteiger partial charge is 0.457 e. The Balaban J connectivity index is 4.82. The number of allylic oxidation sites excluding steroid dienone is 10. The number of rotatable bonds is 8. The molecule has 0 saturated carbocycles. The summed E-state index contributed by atoms with van der Waals surface area (Å²) in [5, 5.41) is 0. The molecule has 0 spiro atoms. The van der Waals surface area contributed by atoms with Crippen molar-refractivity contribution < 1.29 is 4.74 Å². The topological polar surface area (TPSA) is 9.23 Å². The highest BCUT2D eigenvalue weighted by Gasteiger charge is 1.94. The zero-order chi connectivity index (χ0) is 12.9. The Labute approximate surface area is 104 Å². The summed E-state index contributed by atoms with van der Waals surface area (Å²) in [4.78, 5) is 0. The predicted octanol–water partition coefficient (Wildman–Crippen LogP) is 4.63. The van der Waals surface area contributed by atoms with Gasteiger partial charge < -0.3 is 4.74 Å². The summed E-state index contributed by atoms with van der Waals surface area (Å²) in [7, 11) is 0. The highest BCUT2D eigenvalue weighted by molar-refractivity contribution is 5.26. The van der Waals surface area contributed by atoms with Gasteiger partial charge in [-0.2, -0.15) is 0 Å². The quantitative estimate of drug-likeness (QED) is 0.433. The van der Waals surface area contributed by atoms with Gasteiger partial charge in [0.25, 0.3) is 0 Å². The molecule has 0 unspecified atom stereocenters. The summed E-state index contributed by atoms with van der Waals surface area (Å²) < 4.78 is 5.60. The predicted molar refractivity (Wildman–Crippen MR) is 76.3 cm³/mol. The Kier molecular flexibility index (Phi) is 8.87. The van der Waals surface area contributed by atoms with Crippen molar-refractivity contribution in [1.82, 2.24) is 0 Å². The van der Waals surface area contributed by atoms with Gasteiger partial charge in [0.05, 0.1) is 0 Å². The number of hydrogen-bond acceptors (Lipinski definition) is 1. The minimum absolute atomic E-state index is 0.643. The molecule has 0 aliphatic heterocycles. The van der Waals surface area contributed by atoms with E-state index in [2.05, 4.69) is 26.3 Å². The monoisotopic (exact) mass is 226 g/mol. The highest BCUT2D eigenvalue weighted by Crippen LogP contribution is 2.09. The van der Waals surface area contributed by atoms with Crippen LogP contribution in [-0.4, -0.2) is 0 Å². The van der Waals surface area contributed by atoms with E-state index in [1.54, 1.807) is 48.6 Å². The van der Waals surface area contributed by atoms with Crippen LogP contribution in [0.25, 0.3) is 0 Å². The van der Waals surface area contributed by atoms with E-state index in [1.807, 2.05) is 12.2 Å². The van der Waals surface area contributed by atoms with Crippen LogP contribution >= 0.6 is 0 Å². The van der Waals surface area contributed by atoms with Crippen LogP contribution in [0.3, 0.4) is 0 Å². The van der Waals surface area contributed by atoms with Crippen molar-refractivity contribution in [3.05, 3.63) is 98.6 Å². The lowest BCUT2D eigenvalue weighted by atomic mass is 10.3. The minimum atomic E-state index is 0.643. The van der Waals surface area contributed by atoms with Gasteiger partial charge in [-0.15, -0.1) is 0 Å². The fraction of sp³-hybridized carbons (Fsp3) is 0. The summed E-state index contributed by atoms with van der Waals surface area (Å²) in [6.07, 6.45) is 17.4. The van der Waals surface area contributed by atoms with Gasteiger partial charge in [0.15, 0.2) is 0 Å². The molecule has 0 aromatic rings. The van der Waals surface area contributed by atoms with Gasteiger partial charge in [-0.25, -0.2) is 0 Å². The molecule has 0 radical (unpaired) electrons. The molecule has 0 rings (SSSR count). The minimum Gasteiger partial charge on any atom is -0.457 e. The summed E-state index contributed by atoms with van der Waals surface area (Å²) in [6, 6.07) is 0. The average Bonchev–Trinajstić information content (AvgIpc) is 2.35. The van der Waals surface area contributed by atoms with E-state index in [1.165, 1.54) is 0 Å². The Morgan fingerprint density at radius 1 is 0.706 bits per heavy atom. The van der Waals surface area contributed by atoms with Crippen molar-refractivity contribution >= 4 is 0 Å². The molecule has 17 heavy (non-hydrogen) atoms. The molecule has 0 atom stereocenters. The first-order valence-corrected chi connectivity index (χ1v) is 5.20. The zero-order valence-electron chi connectivity index (χ0n) is 10.0. The molecule has 88 valence electrons. The van der Waals surface area contributed by atoms with Crippen molar-refractivity contribution in [2.24, 2.45) is 0 Å². The van der Waals surface area contributed by atoms with Gasteiger partial charge in [-0.1, -0.05) is 62.8 Å². The molecule has 1 heteroatoms. The molecule has 0 bridgehead atoms. The van der Waals surface area contributed by atoms with Crippen LogP contribution in [0.4, 0.5) is 0 Å². The molecule has 0 saturated heterocycles. The second-order valence-electron chi connectivity index (χ2n) is 2.90. The first-order valence-electron chi connectivity index (χ1n) is 5.20. The SMILES string of the molecule is C=C/C=C\C=C(/C=C)OC(/C=C\C=C)=C/C=C. The van der Waals surface area contributed by atoms with Gasteiger partial charge in [0.1, 0.15) is 11.5 Å². The van der Waals surface area contributed by atoms with Crippen molar-refractivity contribution in [3.8, 4) is 0 Å². The molecule has 0 aromatic carbocycles. The smallest absolute Gasteiger partial charge is 0.127 e. The fourth-order valence-electron chi connectivity index (χ4n) is 0.911. The zero-order valence-corrected chi connectivity index (χ0v) is 10.0. The van der Waals surface area contributed by atoms with Crippen LogP contribution in [0, 0.1) is 0 Å². The second-order valence-corrected chi connectivity index (χ2v) is 2.90. The van der Waals surface area contributed by atoms with E-state index in [0.29, 0.717) is 11.5 Å². The Morgan fingerprint density at radius 3 is 1.94 bits per heavy atom. The van der Waals surface area contributed by atoms with E-state index >= 15 is 0 Å². The van der Waals surface area contributed by atoms with Crippen LogP contribution in [0.5, 0.6) is 0 Å². The standard InChI is InChI=1S/C16H18O/c1-5-9-11-14-15(8-4)17-16(12-7-3)13-10-6-2/h5-14H,1-4H2/b11-9-,13-10-,15-14+,16-12+. The molecule has 0 aromatic heterocycles. The maximum Gasteiger partial charge on any atom is 0.127 e. The van der Waals surface area contributed by atoms with Crippen LogP contribution < -0.4 is 0 Å². The molecule has 0 aliphatic rings. The van der Waals surface area contributed by atoms with E-state index in [0.717, 1.165) is 0 Å². The fourth-order valence-corrected chi connectivity index (χ4v) is 0.911. The lowest BCUT2D eigenvalue weighted by molar-refractivity contribution is 0.336. The van der Waals surface area contributed by atoms with Crippen LogP contribution in [0.15, 0.2) is 98.6 Å². The number of ether oxygens (including phenoxy) is 1. The number of hydrogen-bond donors (Lipinski definition) is 0. The van der Waals surface area contributed by atoms with Gasteiger partial charge >= 0.3 is 0 Å². The van der Waals surface area contributed by atoms with Crippen LogP contribution in [-0.2, 0) is 4.74 Å². The van der Waals surface area contributed by atoms with E-state index < -0.39 is 0 Å². The van der Waals surface area contributed by atoms with Gasteiger partial charge in [0, 0.05) is 0 Å². The van der Waals surface area contributed by atoms with E-state index in [-0.39, 0.29) is 0 Å². The molecule has 0 N–H and O–H groups in total. The van der Waals surface area contributed by atoms with Crippen molar-refractivity contribution in [2.75, 3.05) is 0 Å². The van der Waals surface area contributed by atoms with Crippen LogP contribution in [0.2, 0.25) is 0 Å². The first kappa shape index (κ1) is 14.7. The second kappa shape index (κ2) is 10.2. The third kappa shape index (κ3) is 7.63. The van der Waals surface area contributed by atoms with E-state index in [4.69, 9.17) is 4.74 Å². The van der Waals surface area contributed by atoms with Crippen molar-refractivity contribution in [2.45, 2.75) is 0 Å². The summed E-state index contributed by atoms with van der Waals surface area (Å²) in [5.74, 6) is 1.31. The Hall–Kier alpha value is -2.28. The third-order valence-electron chi connectivity index (χ3n) is 1.62. The van der Waals surface area contributed by atoms with Crippen molar-refractivity contribution in [1.29, 1.82) is 0 Å². The normalized spacial score (nSPS) is 12.7. The summed E-state index contributed by atoms with van der Waals surface area (Å²) in [5.41, 5.74) is 0. The molecule has 0 fully saturated rings. The molecule has 0 amide bonds. The Bertz CT molecular complexity index is 390. The third-order valence-corrected chi connectivity index (χ3v) is 1.62. The maximum atomic E-state index is 5.60. The lowest BCUT2D eigenvalue weighted by Gasteiger charge is -2.05. The summed E-state index contributed by atoms with van der Waals surface area (Å²) >= 11 is 0. The first-order chi connectivity index (χ1) is 8.28. The maximum absolute atomic E-state index is 5.60. The summed E-state index contributed by atoms with van der Waals surface area (Å²) in [6.45, 7) is 14.5. The lowest BCUT2D eigenvalue weighted by Crippen LogP contribution is -1.87. The highest BCUT2D eigenvalue weighted by atomic mass is 16.5. The molecular formula is C16H18O. The van der Waals surface area contributed by atoms with E-state index in [9.17, 15) is 0 Å². The van der Waals surface area contributed by atoms with Gasteiger partial charge in [0.2, 0.25) is 0 Å². The molecule has 0 heterocycles. The van der Waals surface area contributed by atoms with Gasteiger partial charge in [-0.05, 0) is 24.3 Å². The van der Waals surface area contributed by atoms with Gasteiger partial charge in [-0.3, -0.25) is 0 Å². The molecule has 1 nitrogen and oxygen atoms in total. The van der Waals surface area contributed by atoms with Crippen molar-refractivity contribution in [3.63, 3.8) is 0 Å².